The van der Waals surface area contributed by atoms with E-state index in [9.17, 15) is 17.8 Å². The Balaban J connectivity index is 2.15. The average molecular weight is 294 g/mol. The Morgan fingerprint density at radius 1 is 1.10 bits per heavy atom. The van der Waals surface area contributed by atoms with E-state index >= 15 is 0 Å². The van der Waals surface area contributed by atoms with Crippen LogP contribution < -0.4 is 0 Å². The van der Waals surface area contributed by atoms with Crippen LogP contribution in [-0.4, -0.2) is 15.7 Å². The van der Waals surface area contributed by atoms with Crippen molar-refractivity contribution in [2.45, 2.75) is 11.8 Å². The molecule has 1 atom stereocenters. The summed E-state index contributed by atoms with van der Waals surface area (Å²) < 4.78 is 38.2. The molecule has 0 N–H and O–H groups in total. The summed E-state index contributed by atoms with van der Waals surface area (Å²) in [6.07, 6.45) is 0. The van der Waals surface area contributed by atoms with Crippen LogP contribution in [-0.2, 0) is 10.8 Å². The van der Waals surface area contributed by atoms with Crippen LogP contribution in [0.15, 0.2) is 47.4 Å². The molecule has 0 amide bonds. The molecular formula is C15H12F2O2S. The number of hydrogen-bond acceptors (Lipinski definition) is 2. The van der Waals surface area contributed by atoms with E-state index in [1.165, 1.54) is 0 Å². The van der Waals surface area contributed by atoms with Gasteiger partial charge in [0.2, 0.25) is 0 Å². The molecule has 2 aromatic rings. The van der Waals surface area contributed by atoms with Gasteiger partial charge in [0, 0.05) is 11.0 Å². The zero-order valence-corrected chi connectivity index (χ0v) is 11.5. The predicted octanol–water partition coefficient (Wildman–Crippen LogP) is 3.26. The Labute approximate surface area is 117 Å². The normalized spacial score (nSPS) is 12.2. The van der Waals surface area contributed by atoms with E-state index < -0.39 is 28.2 Å². The molecule has 0 spiro atoms. The molecule has 2 nitrogen and oxygen atoms in total. The van der Waals surface area contributed by atoms with Gasteiger partial charge < -0.3 is 0 Å². The maximum Gasteiger partial charge on any atom is 0.178 e. The molecule has 0 saturated carbocycles. The van der Waals surface area contributed by atoms with Crippen molar-refractivity contribution in [2.24, 2.45) is 0 Å². The molecule has 0 saturated heterocycles. The molecule has 0 aliphatic heterocycles. The second-order valence-corrected chi connectivity index (χ2v) is 5.80. The van der Waals surface area contributed by atoms with Crippen LogP contribution in [0.5, 0.6) is 0 Å². The minimum Gasteiger partial charge on any atom is -0.293 e. The van der Waals surface area contributed by atoms with E-state index in [1.54, 1.807) is 24.3 Å². The topological polar surface area (TPSA) is 34.1 Å². The SMILES string of the molecule is Cc1ccc(S(=O)CC(=O)c2ccc(F)cc2F)cc1. The molecule has 0 aliphatic rings. The molecular weight excluding hydrogens is 282 g/mol. The lowest BCUT2D eigenvalue weighted by Crippen LogP contribution is -2.13. The van der Waals surface area contributed by atoms with Gasteiger partial charge in [0.05, 0.1) is 22.1 Å². The molecule has 0 aliphatic carbocycles. The van der Waals surface area contributed by atoms with Gasteiger partial charge in [0.15, 0.2) is 5.78 Å². The zero-order valence-electron chi connectivity index (χ0n) is 10.7. The first-order chi connectivity index (χ1) is 9.47. The fraction of sp³-hybridized carbons (Fsp3) is 0.133. The van der Waals surface area contributed by atoms with E-state index in [1.807, 2.05) is 6.92 Å². The Bertz CT molecular complexity index is 666. The van der Waals surface area contributed by atoms with Crippen LogP contribution in [0.25, 0.3) is 0 Å². The number of hydrogen-bond donors (Lipinski definition) is 0. The van der Waals surface area contributed by atoms with Gasteiger partial charge in [-0.3, -0.25) is 9.00 Å². The maximum atomic E-state index is 13.4. The van der Waals surface area contributed by atoms with Crippen molar-refractivity contribution < 1.29 is 17.8 Å². The second kappa shape index (κ2) is 6.05. The molecule has 1 unspecified atom stereocenters. The highest BCUT2D eigenvalue weighted by atomic mass is 32.2. The molecule has 2 rings (SSSR count). The number of Topliss-reactive ketones (excluding diaryl/α,β-unsaturated/α-hetero) is 1. The Morgan fingerprint density at radius 3 is 2.35 bits per heavy atom. The number of carbonyl (C=O) groups is 1. The summed E-state index contributed by atoms with van der Waals surface area (Å²) in [5.41, 5.74) is 0.772. The van der Waals surface area contributed by atoms with E-state index in [-0.39, 0.29) is 11.3 Å². The van der Waals surface area contributed by atoms with Gasteiger partial charge in [-0.15, -0.1) is 0 Å². The van der Waals surface area contributed by atoms with Crippen molar-refractivity contribution in [2.75, 3.05) is 5.75 Å². The third-order valence-corrected chi connectivity index (χ3v) is 4.10. The molecule has 104 valence electrons. The van der Waals surface area contributed by atoms with Gasteiger partial charge in [-0.25, -0.2) is 8.78 Å². The summed E-state index contributed by atoms with van der Waals surface area (Å²) >= 11 is 0. The van der Waals surface area contributed by atoms with Gasteiger partial charge >= 0.3 is 0 Å². The van der Waals surface area contributed by atoms with Crippen LogP contribution in [0.1, 0.15) is 15.9 Å². The van der Waals surface area contributed by atoms with Crippen LogP contribution in [0.2, 0.25) is 0 Å². The summed E-state index contributed by atoms with van der Waals surface area (Å²) in [5.74, 6) is -2.62. The molecule has 0 aromatic heterocycles. The highest BCUT2D eigenvalue weighted by Gasteiger charge is 2.16. The molecule has 0 heterocycles. The summed E-state index contributed by atoms with van der Waals surface area (Å²) in [6, 6.07) is 9.62. The fourth-order valence-corrected chi connectivity index (χ4v) is 2.69. The minimum absolute atomic E-state index is 0.244. The van der Waals surface area contributed by atoms with Crippen LogP contribution in [0, 0.1) is 18.6 Å². The van der Waals surface area contributed by atoms with Gasteiger partial charge in [-0.1, -0.05) is 17.7 Å². The molecule has 0 bridgehead atoms. The lowest BCUT2D eigenvalue weighted by Gasteiger charge is -2.04. The van der Waals surface area contributed by atoms with Crippen molar-refractivity contribution in [3.05, 3.63) is 65.2 Å². The first kappa shape index (κ1) is 14.5. The van der Waals surface area contributed by atoms with Crippen molar-refractivity contribution in [3.8, 4) is 0 Å². The first-order valence-electron chi connectivity index (χ1n) is 5.90. The Kier molecular flexibility index (Phi) is 4.39. The molecule has 0 fully saturated rings. The number of ketones is 1. The smallest absolute Gasteiger partial charge is 0.178 e. The average Bonchev–Trinajstić information content (AvgIpc) is 2.39. The number of carbonyl (C=O) groups excluding carboxylic acids is 1. The standard InChI is InChI=1S/C15H12F2O2S/c1-10-2-5-12(6-3-10)20(19)9-15(18)13-7-4-11(16)8-14(13)17/h2-8H,9H2,1H3. The summed E-state index contributed by atoms with van der Waals surface area (Å²) in [5, 5.41) is 0. The van der Waals surface area contributed by atoms with Crippen LogP contribution in [0.4, 0.5) is 8.78 Å². The third-order valence-electron chi connectivity index (χ3n) is 2.78. The van der Waals surface area contributed by atoms with E-state index in [4.69, 9.17) is 0 Å². The zero-order chi connectivity index (χ0) is 14.7. The minimum atomic E-state index is -1.55. The van der Waals surface area contributed by atoms with E-state index in [2.05, 4.69) is 0 Å². The first-order valence-corrected chi connectivity index (χ1v) is 7.22. The Hall–Kier alpha value is -1.88. The summed E-state index contributed by atoms with van der Waals surface area (Å²) in [6.45, 7) is 1.89. The second-order valence-electron chi connectivity index (χ2n) is 4.35. The highest BCUT2D eigenvalue weighted by Crippen LogP contribution is 2.14. The maximum absolute atomic E-state index is 13.4. The number of rotatable bonds is 4. The predicted molar refractivity (Wildman–Crippen MR) is 73.1 cm³/mol. The lowest BCUT2D eigenvalue weighted by atomic mass is 10.1. The number of aryl methyl sites for hydroxylation is 1. The third kappa shape index (κ3) is 3.36. The van der Waals surface area contributed by atoms with Gasteiger partial charge in [0.1, 0.15) is 11.6 Å². The van der Waals surface area contributed by atoms with Crippen LogP contribution >= 0.6 is 0 Å². The van der Waals surface area contributed by atoms with Crippen LogP contribution in [0.3, 0.4) is 0 Å². The quantitative estimate of drug-likeness (QED) is 0.811. The monoisotopic (exact) mass is 294 g/mol. The lowest BCUT2D eigenvalue weighted by molar-refractivity contribution is 0.101. The van der Waals surface area contributed by atoms with Crippen molar-refractivity contribution in [3.63, 3.8) is 0 Å². The number of halogens is 2. The largest absolute Gasteiger partial charge is 0.293 e. The van der Waals surface area contributed by atoms with Crippen molar-refractivity contribution in [1.82, 2.24) is 0 Å². The molecule has 20 heavy (non-hydrogen) atoms. The Morgan fingerprint density at radius 2 is 1.75 bits per heavy atom. The molecule has 2 aromatic carbocycles. The van der Waals surface area contributed by atoms with E-state index in [0.717, 1.165) is 17.7 Å². The number of benzene rings is 2. The van der Waals surface area contributed by atoms with Crippen molar-refractivity contribution >= 4 is 16.6 Å². The summed E-state index contributed by atoms with van der Waals surface area (Å²) in [7, 11) is -1.55. The van der Waals surface area contributed by atoms with Gasteiger partial charge in [-0.05, 0) is 31.2 Å². The fourth-order valence-electron chi connectivity index (χ4n) is 1.69. The highest BCUT2D eigenvalue weighted by molar-refractivity contribution is 7.85. The summed E-state index contributed by atoms with van der Waals surface area (Å²) in [4.78, 5) is 12.4. The van der Waals surface area contributed by atoms with Gasteiger partial charge in [0.25, 0.3) is 0 Å². The molecule has 0 radical (unpaired) electrons. The molecule has 5 heteroatoms. The van der Waals surface area contributed by atoms with Crippen molar-refractivity contribution in [1.29, 1.82) is 0 Å². The van der Waals surface area contributed by atoms with Gasteiger partial charge in [-0.2, -0.15) is 0 Å². The van der Waals surface area contributed by atoms with E-state index in [0.29, 0.717) is 11.0 Å².